The zero-order chi connectivity index (χ0) is 21.1. The molecule has 4 rings (SSSR count). The Hall–Kier alpha value is -2.73. The number of aromatic nitrogens is 3. The fraction of sp³-hybridized carbons (Fsp3) is 0.458. The summed E-state index contributed by atoms with van der Waals surface area (Å²) in [6, 6.07) is 8.04. The van der Waals surface area contributed by atoms with Crippen molar-refractivity contribution in [2.24, 2.45) is 17.8 Å². The van der Waals surface area contributed by atoms with Crippen molar-refractivity contribution in [1.82, 2.24) is 15.2 Å². The number of carbonyl (C=O) groups is 1. The molecule has 1 aliphatic carbocycles. The topological polar surface area (TPSA) is 79.9 Å². The molecule has 1 amide bonds. The van der Waals surface area contributed by atoms with Gasteiger partial charge >= 0.3 is 0 Å². The lowest BCUT2D eigenvalue weighted by molar-refractivity contribution is -0.126. The zero-order valence-electron chi connectivity index (χ0n) is 17.9. The second kappa shape index (κ2) is 8.96. The van der Waals surface area contributed by atoms with Gasteiger partial charge < -0.3 is 10.1 Å². The third-order valence-electron chi connectivity index (χ3n) is 6.21. The summed E-state index contributed by atoms with van der Waals surface area (Å²) in [4.78, 5) is 16.9. The normalized spacial score (nSPS) is 21.8. The van der Waals surface area contributed by atoms with Gasteiger partial charge in [0.15, 0.2) is 0 Å². The molecule has 1 aliphatic rings. The van der Waals surface area contributed by atoms with Crippen LogP contribution in [0.2, 0.25) is 0 Å². The summed E-state index contributed by atoms with van der Waals surface area (Å²) in [6.07, 6.45) is 9.04. The highest BCUT2D eigenvalue weighted by Gasteiger charge is 2.31. The first kappa shape index (κ1) is 20.5. The third kappa shape index (κ3) is 4.70. The SMILES string of the molecule is CC(C)[C@@H]1CC[C@@H](C)C[C@H]1OCC(=O)Nc1cc2cc(-c3cn[nH]c3)ccc2cn1. The van der Waals surface area contributed by atoms with Crippen LogP contribution in [-0.2, 0) is 9.53 Å². The summed E-state index contributed by atoms with van der Waals surface area (Å²) in [7, 11) is 0. The molecule has 0 saturated heterocycles. The maximum absolute atomic E-state index is 12.5. The number of pyridine rings is 1. The smallest absolute Gasteiger partial charge is 0.251 e. The summed E-state index contributed by atoms with van der Waals surface area (Å²) < 4.78 is 6.07. The maximum atomic E-state index is 12.5. The average molecular weight is 407 g/mol. The average Bonchev–Trinajstić information content (AvgIpc) is 3.26. The molecule has 6 heteroatoms. The van der Waals surface area contributed by atoms with E-state index < -0.39 is 0 Å². The van der Waals surface area contributed by atoms with Gasteiger partial charge in [-0.1, -0.05) is 39.3 Å². The maximum Gasteiger partial charge on any atom is 0.251 e. The van der Waals surface area contributed by atoms with E-state index in [1.54, 1.807) is 12.4 Å². The van der Waals surface area contributed by atoms with Gasteiger partial charge in [0.05, 0.1) is 12.3 Å². The van der Waals surface area contributed by atoms with Crippen LogP contribution in [-0.4, -0.2) is 33.8 Å². The van der Waals surface area contributed by atoms with Gasteiger partial charge in [-0.05, 0) is 53.7 Å². The van der Waals surface area contributed by atoms with E-state index in [4.69, 9.17) is 4.74 Å². The number of carbonyl (C=O) groups excluding carboxylic acids is 1. The first-order chi connectivity index (χ1) is 14.5. The summed E-state index contributed by atoms with van der Waals surface area (Å²) in [6.45, 7) is 6.82. The molecule has 1 aromatic carbocycles. The summed E-state index contributed by atoms with van der Waals surface area (Å²) >= 11 is 0. The predicted molar refractivity (Wildman–Crippen MR) is 119 cm³/mol. The van der Waals surface area contributed by atoms with E-state index in [0.717, 1.165) is 28.3 Å². The Bertz CT molecular complexity index is 1000. The number of anilines is 1. The first-order valence-corrected chi connectivity index (χ1v) is 10.8. The molecule has 2 heterocycles. The van der Waals surface area contributed by atoms with Crippen LogP contribution in [0.3, 0.4) is 0 Å². The molecule has 3 atom stereocenters. The van der Waals surface area contributed by atoms with Crippen LogP contribution in [0, 0.1) is 17.8 Å². The number of nitrogens with zero attached hydrogens (tertiary/aromatic N) is 2. The van der Waals surface area contributed by atoms with Crippen LogP contribution < -0.4 is 5.32 Å². The molecular formula is C24H30N4O2. The minimum absolute atomic E-state index is 0.0649. The number of hydrogen-bond acceptors (Lipinski definition) is 4. The van der Waals surface area contributed by atoms with Gasteiger partial charge in [0.1, 0.15) is 12.4 Å². The van der Waals surface area contributed by atoms with Crippen molar-refractivity contribution in [3.63, 3.8) is 0 Å². The van der Waals surface area contributed by atoms with E-state index in [1.807, 2.05) is 24.4 Å². The molecule has 0 bridgehead atoms. The van der Waals surface area contributed by atoms with Gasteiger partial charge in [-0.25, -0.2) is 4.98 Å². The van der Waals surface area contributed by atoms with Gasteiger partial charge in [-0.3, -0.25) is 9.89 Å². The van der Waals surface area contributed by atoms with Crippen molar-refractivity contribution in [3.8, 4) is 11.1 Å². The Morgan fingerprint density at radius 3 is 2.83 bits per heavy atom. The fourth-order valence-corrected chi connectivity index (χ4v) is 4.47. The number of hydrogen-bond donors (Lipinski definition) is 2. The number of amides is 1. The molecule has 30 heavy (non-hydrogen) atoms. The van der Waals surface area contributed by atoms with Crippen molar-refractivity contribution >= 4 is 22.5 Å². The van der Waals surface area contributed by atoms with Crippen LogP contribution in [0.25, 0.3) is 21.9 Å². The number of benzene rings is 1. The zero-order valence-corrected chi connectivity index (χ0v) is 17.9. The number of rotatable bonds is 6. The predicted octanol–water partition coefficient (Wildman–Crippen LogP) is 5.04. The van der Waals surface area contributed by atoms with E-state index in [2.05, 4.69) is 47.3 Å². The lowest BCUT2D eigenvalue weighted by Crippen LogP contribution is -2.36. The second-order valence-electron chi connectivity index (χ2n) is 8.84. The molecule has 158 valence electrons. The summed E-state index contributed by atoms with van der Waals surface area (Å²) in [5.41, 5.74) is 2.09. The van der Waals surface area contributed by atoms with Crippen LogP contribution in [0.5, 0.6) is 0 Å². The monoisotopic (exact) mass is 406 g/mol. The Kier molecular flexibility index (Phi) is 6.13. The van der Waals surface area contributed by atoms with Gasteiger partial charge in [-0.2, -0.15) is 5.10 Å². The second-order valence-corrected chi connectivity index (χ2v) is 8.84. The highest BCUT2D eigenvalue weighted by atomic mass is 16.5. The number of nitrogens with one attached hydrogen (secondary N) is 2. The van der Waals surface area contributed by atoms with Crippen LogP contribution >= 0.6 is 0 Å². The minimum atomic E-state index is -0.159. The highest BCUT2D eigenvalue weighted by Crippen LogP contribution is 2.35. The van der Waals surface area contributed by atoms with Crippen LogP contribution in [0.15, 0.2) is 42.9 Å². The third-order valence-corrected chi connectivity index (χ3v) is 6.21. The van der Waals surface area contributed by atoms with E-state index >= 15 is 0 Å². The molecule has 2 aromatic heterocycles. The molecule has 0 spiro atoms. The summed E-state index contributed by atoms with van der Waals surface area (Å²) in [5.74, 6) is 2.12. The Balaban J connectivity index is 1.41. The van der Waals surface area contributed by atoms with E-state index in [-0.39, 0.29) is 18.6 Å². The standard InChI is InChI=1S/C24H30N4O2/c1-15(2)21-7-4-16(3)8-22(21)30-14-24(29)28-23-10-19-9-17(20-12-26-27-13-20)5-6-18(19)11-25-23/h5-6,9-13,15-16,21-22H,4,7-8,14H2,1-3H3,(H,26,27)(H,25,28,29)/t16-,21+,22-/m1/s1. The number of H-pyrrole nitrogens is 1. The largest absolute Gasteiger partial charge is 0.368 e. The Morgan fingerprint density at radius 1 is 1.20 bits per heavy atom. The van der Waals surface area contributed by atoms with Gasteiger partial charge in [0.2, 0.25) is 0 Å². The molecule has 0 unspecified atom stereocenters. The van der Waals surface area contributed by atoms with Crippen molar-refractivity contribution < 1.29 is 9.53 Å². The lowest BCUT2D eigenvalue weighted by Gasteiger charge is -2.37. The van der Waals surface area contributed by atoms with Crippen LogP contribution in [0.4, 0.5) is 5.82 Å². The molecule has 2 N–H and O–H groups in total. The molecule has 1 fully saturated rings. The Morgan fingerprint density at radius 2 is 2.07 bits per heavy atom. The number of ether oxygens (including phenoxy) is 1. The van der Waals surface area contributed by atoms with Crippen molar-refractivity contribution in [2.45, 2.75) is 46.1 Å². The van der Waals surface area contributed by atoms with Gasteiger partial charge in [0.25, 0.3) is 5.91 Å². The minimum Gasteiger partial charge on any atom is -0.368 e. The molecule has 6 nitrogen and oxygen atoms in total. The molecule has 0 aliphatic heterocycles. The molecule has 3 aromatic rings. The van der Waals surface area contributed by atoms with Gasteiger partial charge in [-0.15, -0.1) is 0 Å². The Labute approximate surface area is 177 Å². The van der Waals surface area contributed by atoms with E-state index in [0.29, 0.717) is 23.6 Å². The van der Waals surface area contributed by atoms with Crippen LogP contribution in [0.1, 0.15) is 40.0 Å². The molecule has 1 saturated carbocycles. The first-order valence-electron chi connectivity index (χ1n) is 10.8. The van der Waals surface area contributed by atoms with E-state index in [1.165, 1.54) is 12.8 Å². The highest BCUT2D eigenvalue weighted by molar-refractivity contribution is 5.94. The van der Waals surface area contributed by atoms with Crippen molar-refractivity contribution in [1.29, 1.82) is 0 Å². The molecular weight excluding hydrogens is 376 g/mol. The van der Waals surface area contributed by atoms with Crippen molar-refractivity contribution in [3.05, 3.63) is 42.9 Å². The number of fused-ring (bicyclic) bond motifs is 1. The van der Waals surface area contributed by atoms with Gasteiger partial charge in [0, 0.05) is 23.3 Å². The van der Waals surface area contributed by atoms with Crippen molar-refractivity contribution in [2.75, 3.05) is 11.9 Å². The molecule has 0 radical (unpaired) electrons. The van der Waals surface area contributed by atoms with E-state index in [9.17, 15) is 4.79 Å². The number of aromatic amines is 1. The quantitative estimate of drug-likeness (QED) is 0.601. The summed E-state index contributed by atoms with van der Waals surface area (Å²) in [5, 5.41) is 11.8. The lowest BCUT2D eigenvalue weighted by atomic mass is 9.75. The fourth-order valence-electron chi connectivity index (χ4n) is 4.47.